The molecule has 0 unspecified atom stereocenters. The van der Waals surface area contributed by atoms with Crippen LogP contribution in [0.15, 0.2) is 30.3 Å². The summed E-state index contributed by atoms with van der Waals surface area (Å²) in [5, 5.41) is 8.74. The Kier molecular flexibility index (Phi) is 4.20. The fourth-order valence-electron chi connectivity index (χ4n) is 2.55. The molecule has 1 aliphatic heterocycles. The highest BCUT2D eigenvalue weighted by Gasteiger charge is 2.27. The summed E-state index contributed by atoms with van der Waals surface area (Å²) in [5.74, 6) is -0.0681. The van der Waals surface area contributed by atoms with Gasteiger partial charge in [-0.2, -0.15) is 9.90 Å². The van der Waals surface area contributed by atoms with Gasteiger partial charge in [0.05, 0.1) is 24.1 Å². The molecule has 22 heavy (non-hydrogen) atoms. The molecule has 0 spiro atoms. The van der Waals surface area contributed by atoms with E-state index in [1.54, 1.807) is 0 Å². The summed E-state index contributed by atoms with van der Waals surface area (Å²) >= 11 is 0. The Morgan fingerprint density at radius 1 is 1.32 bits per heavy atom. The van der Waals surface area contributed by atoms with Crippen molar-refractivity contribution in [1.29, 1.82) is 0 Å². The van der Waals surface area contributed by atoms with Crippen LogP contribution in [0.2, 0.25) is 0 Å². The van der Waals surface area contributed by atoms with Gasteiger partial charge in [-0.15, -0.1) is 5.10 Å². The van der Waals surface area contributed by atoms with Gasteiger partial charge >= 0.3 is 0 Å². The summed E-state index contributed by atoms with van der Waals surface area (Å²) in [6.07, 6.45) is 1.02. The predicted molar refractivity (Wildman–Crippen MR) is 82.0 cm³/mol. The second-order valence-corrected chi connectivity index (χ2v) is 5.41. The second kappa shape index (κ2) is 6.27. The molecule has 0 aliphatic carbocycles. The van der Waals surface area contributed by atoms with Gasteiger partial charge in [0.1, 0.15) is 0 Å². The minimum Gasteiger partial charge on any atom is -0.375 e. The quantitative estimate of drug-likeness (QED) is 0.867. The van der Waals surface area contributed by atoms with E-state index in [1.807, 2.05) is 42.2 Å². The first-order valence-electron chi connectivity index (χ1n) is 7.59. The smallest absolute Gasteiger partial charge is 0.276 e. The topological polar surface area (TPSA) is 60.2 Å². The molecule has 3 rings (SSSR count). The number of carbonyl (C=O) groups excluding carboxylic acids is 1. The first-order valence-corrected chi connectivity index (χ1v) is 7.59. The third-order valence-electron chi connectivity index (χ3n) is 3.85. The fourth-order valence-corrected chi connectivity index (χ4v) is 2.55. The Morgan fingerprint density at radius 2 is 2.09 bits per heavy atom. The monoisotopic (exact) mass is 300 g/mol. The average Bonchev–Trinajstić information content (AvgIpc) is 2.97. The van der Waals surface area contributed by atoms with Crippen molar-refractivity contribution in [3.63, 3.8) is 0 Å². The lowest BCUT2D eigenvalue weighted by Gasteiger charge is -2.32. The number of nitrogens with zero attached hydrogens (tertiary/aromatic N) is 4. The number of rotatable bonds is 3. The Balaban J connectivity index is 1.83. The van der Waals surface area contributed by atoms with Crippen LogP contribution >= 0.6 is 0 Å². The molecule has 2 heterocycles. The Labute approximate surface area is 129 Å². The molecule has 6 heteroatoms. The number of amides is 1. The zero-order valence-electron chi connectivity index (χ0n) is 12.9. The molecule has 0 radical (unpaired) electrons. The van der Waals surface area contributed by atoms with Gasteiger partial charge in [-0.25, -0.2) is 0 Å². The van der Waals surface area contributed by atoms with Crippen molar-refractivity contribution in [2.45, 2.75) is 26.4 Å². The SMILES string of the molecule is CC[C@H]1CN(C(=O)c2nn(-c3ccccc3)nc2C)CCO1. The summed E-state index contributed by atoms with van der Waals surface area (Å²) < 4.78 is 5.61. The standard InChI is InChI=1S/C16H20N4O2/c1-3-14-11-19(9-10-22-14)16(21)15-12(2)17-20(18-15)13-7-5-4-6-8-13/h4-8,14H,3,9-11H2,1-2H3/t14-/m0/s1. The number of aromatic nitrogens is 3. The maximum atomic E-state index is 12.7. The van der Waals surface area contributed by atoms with Gasteiger partial charge in [0.15, 0.2) is 5.69 Å². The van der Waals surface area contributed by atoms with E-state index in [1.165, 1.54) is 4.80 Å². The summed E-state index contributed by atoms with van der Waals surface area (Å²) in [5.41, 5.74) is 1.91. The molecule has 1 amide bonds. The lowest BCUT2D eigenvalue weighted by Crippen LogP contribution is -2.45. The Morgan fingerprint density at radius 3 is 2.82 bits per heavy atom. The van der Waals surface area contributed by atoms with E-state index in [2.05, 4.69) is 17.1 Å². The highest BCUT2D eigenvalue weighted by atomic mass is 16.5. The van der Waals surface area contributed by atoms with Crippen molar-refractivity contribution in [3.05, 3.63) is 41.7 Å². The summed E-state index contributed by atoms with van der Waals surface area (Å²) in [6.45, 7) is 5.68. The normalized spacial score (nSPS) is 18.5. The first kappa shape index (κ1) is 14.7. The lowest BCUT2D eigenvalue weighted by atomic mass is 10.2. The van der Waals surface area contributed by atoms with Crippen LogP contribution in [-0.2, 0) is 4.74 Å². The summed E-state index contributed by atoms with van der Waals surface area (Å²) in [6, 6.07) is 9.60. The molecule has 1 saturated heterocycles. The Bertz CT molecular complexity index is 653. The highest BCUT2D eigenvalue weighted by Crippen LogP contribution is 2.14. The molecule has 116 valence electrons. The Hall–Kier alpha value is -2.21. The van der Waals surface area contributed by atoms with Gasteiger partial charge in [-0.05, 0) is 25.5 Å². The third-order valence-corrected chi connectivity index (χ3v) is 3.85. The van der Waals surface area contributed by atoms with Gasteiger partial charge in [-0.1, -0.05) is 25.1 Å². The fraction of sp³-hybridized carbons (Fsp3) is 0.438. The van der Waals surface area contributed by atoms with Crippen LogP contribution in [0, 0.1) is 6.92 Å². The number of aryl methyl sites for hydroxylation is 1. The summed E-state index contributed by atoms with van der Waals surface area (Å²) in [4.78, 5) is 16.0. The van der Waals surface area contributed by atoms with Crippen LogP contribution < -0.4 is 0 Å². The van der Waals surface area contributed by atoms with Crippen molar-refractivity contribution in [3.8, 4) is 5.69 Å². The van der Waals surface area contributed by atoms with Crippen LogP contribution in [0.25, 0.3) is 5.69 Å². The van der Waals surface area contributed by atoms with Crippen molar-refractivity contribution >= 4 is 5.91 Å². The van der Waals surface area contributed by atoms with E-state index in [9.17, 15) is 4.79 Å². The minimum atomic E-state index is -0.0681. The van der Waals surface area contributed by atoms with Gasteiger partial charge in [0.2, 0.25) is 0 Å². The molecular formula is C16H20N4O2. The number of benzene rings is 1. The van der Waals surface area contributed by atoms with Crippen LogP contribution in [0.1, 0.15) is 29.5 Å². The molecular weight excluding hydrogens is 280 g/mol. The van der Waals surface area contributed by atoms with Gasteiger partial charge in [0.25, 0.3) is 5.91 Å². The molecule has 0 N–H and O–H groups in total. The molecule has 1 aromatic carbocycles. The van der Waals surface area contributed by atoms with E-state index in [0.29, 0.717) is 31.1 Å². The zero-order valence-corrected chi connectivity index (χ0v) is 12.9. The number of morpholine rings is 1. The van der Waals surface area contributed by atoms with Gasteiger partial charge < -0.3 is 9.64 Å². The van der Waals surface area contributed by atoms with Crippen LogP contribution in [0.4, 0.5) is 0 Å². The van der Waals surface area contributed by atoms with Crippen LogP contribution in [-0.4, -0.2) is 51.6 Å². The number of ether oxygens (including phenoxy) is 1. The molecule has 2 aromatic rings. The first-order chi connectivity index (χ1) is 10.7. The number of para-hydroxylation sites is 1. The van der Waals surface area contributed by atoms with E-state index in [0.717, 1.165) is 12.1 Å². The lowest BCUT2D eigenvalue weighted by molar-refractivity contribution is -0.0228. The van der Waals surface area contributed by atoms with Crippen LogP contribution in [0.3, 0.4) is 0 Å². The van der Waals surface area contributed by atoms with Gasteiger partial charge in [0, 0.05) is 13.1 Å². The van der Waals surface area contributed by atoms with E-state index in [-0.39, 0.29) is 12.0 Å². The van der Waals surface area contributed by atoms with Crippen molar-refractivity contribution in [1.82, 2.24) is 19.9 Å². The van der Waals surface area contributed by atoms with Crippen molar-refractivity contribution in [2.75, 3.05) is 19.7 Å². The molecule has 6 nitrogen and oxygen atoms in total. The third kappa shape index (κ3) is 2.87. The second-order valence-electron chi connectivity index (χ2n) is 5.41. The van der Waals surface area contributed by atoms with Gasteiger partial charge in [-0.3, -0.25) is 4.79 Å². The maximum absolute atomic E-state index is 12.7. The minimum absolute atomic E-state index is 0.0681. The molecule has 1 aliphatic rings. The highest BCUT2D eigenvalue weighted by molar-refractivity contribution is 5.93. The maximum Gasteiger partial charge on any atom is 0.276 e. The largest absolute Gasteiger partial charge is 0.375 e. The number of hydrogen-bond donors (Lipinski definition) is 0. The molecule has 0 bridgehead atoms. The predicted octanol–water partition coefficient (Wildman–Crippen LogP) is 1.83. The molecule has 1 aromatic heterocycles. The van der Waals surface area contributed by atoms with Crippen molar-refractivity contribution in [2.24, 2.45) is 0 Å². The number of carbonyl (C=O) groups is 1. The molecule has 1 atom stereocenters. The van der Waals surface area contributed by atoms with Crippen molar-refractivity contribution < 1.29 is 9.53 Å². The average molecular weight is 300 g/mol. The summed E-state index contributed by atoms with van der Waals surface area (Å²) in [7, 11) is 0. The van der Waals surface area contributed by atoms with E-state index < -0.39 is 0 Å². The zero-order chi connectivity index (χ0) is 15.5. The van der Waals surface area contributed by atoms with Crippen LogP contribution in [0.5, 0.6) is 0 Å². The number of hydrogen-bond acceptors (Lipinski definition) is 4. The molecule has 0 saturated carbocycles. The molecule has 1 fully saturated rings. The van der Waals surface area contributed by atoms with E-state index >= 15 is 0 Å². The van der Waals surface area contributed by atoms with E-state index in [4.69, 9.17) is 4.74 Å².